The maximum absolute atomic E-state index is 13.7. The average molecular weight is 365 g/mol. The van der Waals surface area contributed by atoms with Crippen LogP contribution in [-0.2, 0) is 6.42 Å². The minimum Gasteiger partial charge on any atom is -0.497 e. The van der Waals surface area contributed by atoms with Gasteiger partial charge in [-0.3, -0.25) is 4.79 Å². The molecule has 2 aromatic carbocycles. The van der Waals surface area contributed by atoms with Crippen molar-refractivity contribution in [1.29, 1.82) is 0 Å². The number of hydrogen-bond acceptors (Lipinski definition) is 4. The average Bonchev–Trinajstić information content (AvgIpc) is 2.70. The van der Waals surface area contributed by atoms with E-state index in [4.69, 9.17) is 4.74 Å². The molecule has 138 valence electrons. The van der Waals surface area contributed by atoms with Crippen molar-refractivity contribution >= 4 is 17.3 Å². The maximum atomic E-state index is 13.7. The molecule has 0 atom stereocenters. The van der Waals surface area contributed by atoms with Crippen LogP contribution in [0, 0.1) is 5.82 Å². The van der Waals surface area contributed by atoms with E-state index in [0.29, 0.717) is 30.0 Å². The number of para-hydroxylation sites is 1. The van der Waals surface area contributed by atoms with Crippen LogP contribution in [-0.4, -0.2) is 24.5 Å². The van der Waals surface area contributed by atoms with Crippen molar-refractivity contribution in [2.24, 2.45) is 0 Å². The Hall–Kier alpha value is -3.41. The van der Waals surface area contributed by atoms with Gasteiger partial charge in [-0.15, -0.1) is 0 Å². The molecule has 0 spiro atoms. The number of ether oxygens (including phenoxy) is 1. The molecule has 0 saturated heterocycles. The number of halogens is 1. The molecule has 5 nitrogen and oxygen atoms in total. The van der Waals surface area contributed by atoms with Crippen molar-refractivity contribution < 1.29 is 13.9 Å². The molecule has 0 radical (unpaired) electrons. The molecule has 27 heavy (non-hydrogen) atoms. The van der Waals surface area contributed by atoms with Crippen molar-refractivity contribution in [3.05, 3.63) is 83.9 Å². The molecular formula is C21H20FN3O2. The Morgan fingerprint density at radius 2 is 1.96 bits per heavy atom. The molecular weight excluding hydrogens is 345 g/mol. The number of amides is 1. The number of carbonyl (C=O) groups is 1. The van der Waals surface area contributed by atoms with E-state index in [1.54, 1.807) is 37.4 Å². The molecule has 0 unspecified atom stereocenters. The van der Waals surface area contributed by atoms with Gasteiger partial charge < -0.3 is 15.4 Å². The van der Waals surface area contributed by atoms with Crippen molar-refractivity contribution in [3.8, 4) is 5.75 Å². The number of pyridine rings is 1. The number of rotatable bonds is 7. The zero-order valence-corrected chi connectivity index (χ0v) is 14.9. The molecule has 0 aliphatic rings. The SMILES string of the molecule is COc1cccc(CCNC(=O)c2ccc(Nc3ccccc3F)cn2)c1. The van der Waals surface area contributed by atoms with E-state index in [1.807, 2.05) is 24.3 Å². The van der Waals surface area contributed by atoms with Gasteiger partial charge in [-0.05, 0) is 48.4 Å². The molecule has 0 aliphatic carbocycles. The second kappa shape index (κ2) is 8.80. The number of carbonyl (C=O) groups excluding carboxylic acids is 1. The second-order valence-electron chi connectivity index (χ2n) is 5.89. The Morgan fingerprint density at radius 1 is 1.11 bits per heavy atom. The molecule has 0 fully saturated rings. The quantitative estimate of drug-likeness (QED) is 0.666. The topological polar surface area (TPSA) is 63.2 Å². The predicted octanol–water partition coefficient (Wildman–Crippen LogP) is 3.95. The van der Waals surface area contributed by atoms with Crippen LogP contribution in [0.3, 0.4) is 0 Å². The van der Waals surface area contributed by atoms with Crippen LogP contribution in [0.15, 0.2) is 66.9 Å². The zero-order chi connectivity index (χ0) is 19.1. The summed E-state index contributed by atoms with van der Waals surface area (Å²) in [5.41, 5.74) is 2.34. The minimum atomic E-state index is -0.350. The third kappa shape index (κ3) is 5.04. The smallest absolute Gasteiger partial charge is 0.269 e. The van der Waals surface area contributed by atoms with Crippen LogP contribution >= 0.6 is 0 Å². The molecule has 6 heteroatoms. The van der Waals surface area contributed by atoms with E-state index in [1.165, 1.54) is 12.3 Å². The molecule has 1 aromatic heterocycles. The first-order valence-corrected chi connectivity index (χ1v) is 8.54. The molecule has 0 saturated carbocycles. The summed E-state index contributed by atoms with van der Waals surface area (Å²) < 4.78 is 18.8. The third-order valence-corrected chi connectivity index (χ3v) is 3.98. The predicted molar refractivity (Wildman–Crippen MR) is 103 cm³/mol. The summed E-state index contributed by atoms with van der Waals surface area (Å²) in [5.74, 6) is 0.186. The van der Waals surface area contributed by atoms with Gasteiger partial charge in [0.15, 0.2) is 0 Å². The fraction of sp³-hybridized carbons (Fsp3) is 0.143. The van der Waals surface area contributed by atoms with Crippen LogP contribution in [0.2, 0.25) is 0 Å². The highest BCUT2D eigenvalue weighted by atomic mass is 19.1. The molecule has 3 rings (SSSR count). The Kier molecular flexibility index (Phi) is 5.99. The highest BCUT2D eigenvalue weighted by molar-refractivity contribution is 5.92. The first kappa shape index (κ1) is 18.4. The van der Waals surface area contributed by atoms with E-state index >= 15 is 0 Å². The summed E-state index contributed by atoms with van der Waals surface area (Å²) in [4.78, 5) is 16.3. The van der Waals surface area contributed by atoms with Gasteiger partial charge in [0.2, 0.25) is 0 Å². The van der Waals surface area contributed by atoms with Crippen LogP contribution < -0.4 is 15.4 Å². The fourth-order valence-electron chi connectivity index (χ4n) is 2.56. The normalized spacial score (nSPS) is 10.3. The first-order chi connectivity index (χ1) is 13.2. The number of anilines is 2. The van der Waals surface area contributed by atoms with Crippen LogP contribution in [0.1, 0.15) is 16.1 Å². The highest BCUT2D eigenvalue weighted by Crippen LogP contribution is 2.19. The molecule has 1 heterocycles. The molecule has 3 aromatic rings. The molecule has 1 amide bonds. The maximum Gasteiger partial charge on any atom is 0.269 e. The van der Waals surface area contributed by atoms with Crippen molar-refractivity contribution in [1.82, 2.24) is 10.3 Å². The third-order valence-electron chi connectivity index (χ3n) is 3.98. The molecule has 0 aliphatic heterocycles. The number of hydrogen-bond donors (Lipinski definition) is 2. The van der Waals surface area contributed by atoms with E-state index in [9.17, 15) is 9.18 Å². The Morgan fingerprint density at radius 3 is 2.70 bits per heavy atom. The van der Waals surface area contributed by atoms with Crippen LogP contribution in [0.25, 0.3) is 0 Å². The van der Waals surface area contributed by atoms with Gasteiger partial charge in [0, 0.05) is 6.54 Å². The van der Waals surface area contributed by atoms with Gasteiger partial charge in [-0.25, -0.2) is 9.37 Å². The largest absolute Gasteiger partial charge is 0.497 e. The summed E-state index contributed by atoms with van der Waals surface area (Å²) >= 11 is 0. The number of methoxy groups -OCH3 is 1. The lowest BCUT2D eigenvalue weighted by atomic mass is 10.1. The number of aromatic nitrogens is 1. The fourth-order valence-corrected chi connectivity index (χ4v) is 2.56. The standard InChI is InChI=1S/C21H20FN3O2/c1-27-17-6-4-5-15(13-17)11-12-23-21(26)20-10-9-16(14-24-20)25-19-8-3-2-7-18(19)22/h2-10,13-14,25H,11-12H2,1H3,(H,23,26). The van der Waals surface area contributed by atoms with Gasteiger partial charge >= 0.3 is 0 Å². The van der Waals surface area contributed by atoms with Crippen LogP contribution in [0.5, 0.6) is 5.75 Å². The van der Waals surface area contributed by atoms with E-state index in [2.05, 4.69) is 15.6 Å². The van der Waals surface area contributed by atoms with Crippen LogP contribution in [0.4, 0.5) is 15.8 Å². The summed E-state index contributed by atoms with van der Waals surface area (Å²) in [6, 6.07) is 17.4. The lowest BCUT2D eigenvalue weighted by Crippen LogP contribution is -2.26. The number of benzene rings is 2. The zero-order valence-electron chi connectivity index (χ0n) is 14.9. The minimum absolute atomic E-state index is 0.254. The van der Waals surface area contributed by atoms with E-state index in [0.717, 1.165) is 11.3 Å². The molecule has 2 N–H and O–H groups in total. The summed E-state index contributed by atoms with van der Waals surface area (Å²) in [6.07, 6.45) is 2.19. The van der Waals surface area contributed by atoms with Crippen molar-refractivity contribution in [2.45, 2.75) is 6.42 Å². The molecule has 0 bridgehead atoms. The lowest BCUT2D eigenvalue weighted by Gasteiger charge is -2.09. The first-order valence-electron chi connectivity index (χ1n) is 8.54. The van der Waals surface area contributed by atoms with E-state index in [-0.39, 0.29) is 11.7 Å². The van der Waals surface area contributed by atoms with Crippen molar-refractivity contribution in [3.63, 3.8) is 0 Å². The Bertz CT molecular complexity index is 913. The van der Waals surface area contributed by atoms with Gasteiger partial charge in [-0.1, -0.05) is 24.3 Å². The number of nitrogens with zero attached hydrogens (tertiary/aromatic N) is 1. The van der Waals surface area contributed by atoms with Gasteiger partial charge in [0.25, 0.3) is 5.91 Å². The van der Waals surface area contributed by atoms with Crippen molar-refractivity contribution in [2.75, 3.05) is 19.0 Å². The highest BCUT2D eigenvalue weighted by Gasteiger charge is 2.08. The van der Waals surface area contributed by atoms with Gasteiger partial charge in [-0.2, -0.15) is 0 Å². The summed E-state index contributed by atoms with van der Waals surface area (Å²) in [6.45, 7) is 0.489. The Labute approximate surface area is 157 Å². The van der Waals surface area contributed by atoms with E-state index < -0.39 is 0 Å². The van der Waals surface area contributed by atoms with Gasteiger partial charge in [0.1, 0.15) is 17.3 Å². The Balaban J connectivity index is 1.53. The summed E-state index contributed by atoms with van der Waals surface area (Å²) in [7, 11) is 1.62. The monoisotopic (exact) mass is 365 g/mol. The number of nitrogens with one attached hydrogen (secondary N) is 2. The lowest BCUT2D eigenvalue weighted by molar-refractivity contribution is 0.0949. The second-order valence-corrected chi connectivity index (χ2v) is 5.89. The van der Waals surface area contributed by atoms with Gasteiger partial charge in [0.05, 0.1) is 24.7 Å². The summed E-state index contributed by atoms with van der Waals surface area (Å²) in [5, 5.41) is 5.77.